The van der Waals surface area contributed by atoms with Crippen LogP contribution in [0, 0.1) is 0 Å². The minimum Gasteiger partial charge on any atom is -0.388 e. The lowest BCUT2D eigenvalue weighted by molar-refractivity contribution is 0.164. The van der Waals surface area contributed by atoms with Gasteiger partial charge in [-0.1, -0.05) is 36.5 Å². The zero-order valence-electron chi connectivity index (χ0n) is 11.3. The number of aliphatic hydroxyl groups is 2. The second kappa shape index (κ2) is 7.25. The summed E-state index contributed by atoms with van der Waals surface area (Å²) in [5.41, 5.74) is 1.07. The van der Waals surface area contributed by atoms with Crippen LogP contribution < -0.4 is 0 Å². The highest BCUT2D eigenvalue weighted by molar-refractivity contribution is 5.20. The second-order valence-electron chi connectivity index (χ2n) is 4.73. The van der Waals surface area contributed by atoms with Crippen LogP contribution in [0.3, 0.4) is 0 Å². The molecule has 0 rings (SSSR count). The van der Waals surface area contributed by atoms with Gasteiger partial charge < -0.3 is 10.2 Å². The molecule has 96 valence electrons. The maximum Gasteiger partial charge on any atom is 0.0980 e. The van der Waals surface area contributed by atoms with Crippen molar-refractivity contribution in [2.75, 3.05) is 0 Å². The van der Waals surface area contributed by atoms with E-state index in [2.05, 4.69) is 6.58 Å². The maximum absolute atomic E-state index is 9.82. The minimum absolute atomic E-state index is 0.469. The van der Waals surface area contributed by atoms with E-state index in [0.29, 0.717) is 6.42 Å². The Kier molecular flexibility index (Phi) is 6.78. The van der Waals surface area contributed by atoms with Gasteiger partial charge in [-0.25, -0.2) is 0 Å². The van der Waals surface area contributed by atoms with Crippen molar-refractivity contribution in [3.63, 3.8) is 0 Å². The van der Waals surface area contributed by atoms with E-state index in [1.807, 2.05) is 32.9 Å². The fraction of sp³-hybridized carbons (Fsp3) is 0.467. The van der Waals surface area contributed by atoms with Crippen LogP contribution in [0.4, 0.5) is 0 Å². The summed E-state index contributed by atoms with van der Waals surface area (Å²) >= 11 is 0. The largest absolute Gasteiger partial charge is 0.388 e. The Morgan fingerprint density at radius 3 is 2.41 bits per heavy atom. The Labute approximate surface area is 105 Å². The van der Waals surface area contributed by atoms with E-state index in [1.165, 1.54) is 11.6 Å². The standard InChI is InChI=1S/C15H24O2/c1-6-15(5,17)11-7-8-13(4)14(16)10-9-12(2)3/h6-9,11,14,16-17H,1,10H2,2-5H3/b11-7+,13-8-/t14-,15+/m1/s1. The van der Waals surface area contributed by atoms with Crippen LogP contribution >= 0.6 is 0 Å². The van der Waals surface area contributed by atoms with Crippen LogP contribution in [0.2, 0.25) is 0 Å². The fourth-order valence-electron chi connectivity index (χ4n) is 1.11. The normalized spacial score (nSPS) is 17.6. The molecule has 0 spiro atoms. The molecule has 0 aromatic carbocycles. The monoisotopic (exact) mass is 236 g/mol. The molecular formula is C15H24O2. The van der Waals surface area contributed by atoms with E-state index in [4.69, 9.17) is 0 Å². The molecule has 2 atom stereocenters. The topological polar surface area (TPSA) is 40.5 Å². The summed E-state index contributed by atoms with van der Waals surface area (Å²) in [5.74, 6) is 0. The number of hydrogen-bond donors (Lipinski definition) is 2. The summed E-state index contributed by atoms with van der Waals surface area (Å²) in [6.45, 7) is 11.1. The van der Waals surface area contributed by atoms with Gasteiger partial charge in [0.2, 0.25) is 0 Å². The number of rotatable bonds is 6. The summed E-state index contributed by atoms with van der Waals surface area (Å²) in [5, 5.41) is 19.5. The van der Waals surface area contributed by atoms with Gasteiger partial charge in [0.15, 0.2) is 0 Å². The van der Waals surface area contributed by atoms with Crippen molar-refractivity contribution in [1.29, 1.82) is 0 Å². The average molecular weight is 236 g/mol. The van der Waals surface area contributed by atoms with Crippen LogP contribution in [-0.4, -0.2) is 21.9 Å². The summed E-state index contributed by atoms with van der Waals surface area (Å²) < 4.78 is 0. The first-order valence-corrected chi connectivity index (χ1v) is 5.82. The molecular weight excluding hydrogens is 212 g/mol. The average Bonchev–Trinajstić information content (AvgIpc) is 2.25. The van der Waals surface area contributed by atoms with Gasteiger partial charge in [-0.2, -0.15) is 0 Å². The Morgan fingerprint density at radius 1 is 1.35 bits per heavy atom. The van der Waals surface area contributed by atoms with Gasteiger partial charge in [0.05, 0.1) is 11.7 Å². The Balaban J connectivity index is 4.45. The smallest absolute Gasteiger partial charge is 0.0980 e. The summed E-state index contributed by atoms with van der Waals surface area (Å²) in [7, 11) is 0. The van der Waals surface area contributed by atoms with Crippen molar-refractivity contribution in [2.45, 2.75) is 45.8 Å². The van der Waals surface area contributed by atoms with Gasteiger partial charge in [-0.15, -0.1) is 0 Å². The molecule has 0 heterocycles. The lowest BCUT2D eigenvalue weighted by Gasteiger charge is -2.12. The highest BCUT2D eigenvalue weighted by Gasteiger charge is 2.08. The van der Waals surface area contributed by atoms with Gasteiger partial charge in [-0.05, 0) is 45.8 Å². The van der Waals surface area contributed by atoms with Crippen LogP contribution in [0.15, 0.2) is 48.1 Å². The fourth-order valence-corrected chi connectivity index (χ4v) is 1.11. The number of aliphatic hydroxyl groups excluding tert-OH is 1. The van der Waals surface area contributed by atoms with Crippen molar-refractivity contribution in [1.82, 2.24) is 0 Å². The minimum atomic E-state index is -0.998. The van der Waals surface area contributed by atoms with Crippen molar-refractivity contribution >= 4 is 0 Å². The molecule has 0 fully saturated rings. The van der Waals surface area contributed by atoms with Crippen molar-refractivity contribution in [2.24, 2.45) is 0 Å². The van der Waals surface area contributed by atoms with Gasteiger partial charge >= 0.3 is 0 Å². The lowest BCUT2D eigenvalue weighted by Crippen LogP contribution is -2.15. The summed E-state index contributed by atoms with van der Waals surface area (Å²) in [6.07, 6.45) is 8.80. The zero-order chi connectivity index (χ0) is 13.5. The molecule has 0 aromatic heterocycles. The van der Waals surface area contributed by atoms with E-state index in [9.17, 15) is 10.2 Å². The van der Waals surface area contributed by atoms with E-state index in [-0.39, 0.29) is 0 Å². The molecule has 2 N–H and O–H groups in total. The van der Waals surface area contributed by atoms with Crippen molar-refractivity contribution in [3.05, 3.63) is 48.1 Å². The molecule has 0 amide bonds. The third kappa shape index (κ3) is 7.72. The van der Waals surface area contributed by atoms with E-state index >= 15 is 0 Å². The molecule has 0 radical (unpaired) electrons. The highest BCUT2D eigenvalue weighted by atomic mass is 16.3. The predicted octanol–water partition coefficient (Wildman–Crippen LogP) is 3.14. The van der Waals surface area contributed by atoms with Gasteiger partial charge in [0.25, 0.3) is 0 Å². The molecule has 0 saturated carbocycles. The molecule has 0 aromatic rings. The van der Waals surface area contributed by atoms with E-state index in [0.717, 1.165) is 5.57 Å². The molecule has 0 saturated heterocycles. The molecule has 2 nitrogen and oxygen atoms in total. The molecule has 0 unspecified atom stereocenters. The maximum atomic E-state index is 9.82. The van der Waals surface area contributed by atoms with Crippen LogP contribution in [0.25, 0.3) is 0 Å². The first kappa shape index (κ1) is 15.9. The number of hydrogen-bond acceptors (Lipinski definition) is 2. The second-order valence-corrected chi connectivity index (χ2v) is 4.73. The first-order chi connectivity index (χ1) is 7.78. The van der Waals surface area contributed by atoms with Gasteiger partial charge in [-0.3, -0.25) is 0 Å². The summed E-state index contributed by atoms with van der Waals surface area (Å²) in [4.78, 5) is 0. The third-order valence-electron chi connectivity index (χ3n) is 2.48. The molecule has 0 bridgehead atoms. The van der Waals surface area contributed by atoms with Gasteiger partial charge in [0.1, 0.15) is 0 Å². The summed E-state index contributed by atoms with van der Waals surface area (Å²) in [6, 6.07) is 0. The molecule has 0 aliphatic heterocycles. The Morgan fingerprint density at radius 2 is 1.94 bits per heavy atom. The lowest BCUT2D eigenvalue weighted by atomic mass is 10.0. The Hall–Kier alpha value is -1.12. The first-order valence-electron chi connectivity index (χ1n) is 5.82. The quantitative estimate of drug-likeness (QED) is 0.549. The van der Waals surface area contributed by atoms with Gasteiger partial charge in [0, 0.05) is 0 Å². The number of allylic oxidation sites excluding steroid dienone is 3. The molecule has 2 heteroatoms. The van der Waals surface area contributed by atoms with Crippen LogP contribution in [0.5, 0.6) is 0 Å². The molecule has 0 aliphatic carbocycles. The Bertz CT molecular complexity index is 329. The third-order valence-corrected chi connectivity index (χ3v) is 2.48. The van der Waals surface area contributed by atoms with E-state index in [1.54, 1.807) is 19.1 Å². The molecule has 17 heavy (non-hydrogen) atoms. The predicted molar refractivity (Wildman–Crippen MR) is 73.8 cm³/mol. The van der Waals surface area contributed by atoms with Crippen LogP contribution in [-0.2, 0) is 0 Å². The van der Waals surface area contributed by atoms with E-state index < -0.39 is 11.7 Å². The SMILES string of the molecule is C=C[C@](C)(O)/C=C/C=C(/C)[C@H](O)CC=C(C)C. The molecule has 0 aliphatic rings. The highest BCUT2D eigenvalue weighted by Crippen LogP contribution is 2.10. The van der Waals surface area contributed by atoms with Crippen LogP contribution in [0.1, 0.15) is 34.1 Å². The van der Waals surface area contributed by atoms with Crippen molar-refractivity contribution in [3.8, 4) is 0 Å². The van der Waals surface area contributed by atoms with Crippen molar-refractivity contribution < 1.29 is 10.2 Å². The zero-order valence-corrected chi connectivity index (χ0v) is 11.3.